The summed E-state index contributed by atoms with van der Waals surface area (Å²) in [5.41, 5.74) is 0.294. The van der Waals surface area contributed by atoms with Crippen molar-refractivity contribution in [2.75, 3.05) is 26.7 Å². The minimum absolute atomic E-state index is 0.0164. The Balaban J connectivity index is 1.86. The molecule has 0 aromatic heterocycles. The first-order chi connectivity index (χ1) is 10.7. The topological polar surface area (TPSA) is 70.7 Å². The quantitative estimate of drug-likeness (QED) is 0.841. The third kappa shape index (κ3) is 2.54. The van der Waals surface area contributed by atoms with Crippen LogP contribution in [-0.4, -0.2) is 49.0 Å². The maximum absolute atomic E-state index is 12.5. The van der Waals surface area contributed by atoms with Gasteiger partial charge in [0.05, 0.1) is 13.7 Å². The van der Waals surface area contributed by atoms with Crippen molar-refractivity contribution >= 4 is 11.8 Å². The van der Waals surface area contributed by atoms with E-state index in [0.717, 1.165) is 24.4 Å². The number of ether oxygens (including phenoxy) is 1. The highest BCUT2D eigenvalue weighted by Crippen LogP contribution is 2.31. The minimum Gasteiger partial charge on any atom is -0.497 e. The highest BCUT2D eigenvalue weighted by molar-refractivity contribution is 5.98. The van der Waals surface area contributed by atoms with Crippen LogP contribution in [0.2, 0.25) is 0 Å². The summed E-state index contributed by atoms with van der Waals surface area (Å²) < 4.78 is 5.15. The summed E-state index contributed by atoms with van der Waals surface area (Å²) in [6.45, 7) is 2.04. The fourth-order valence-corrected chi connectivity index (χ4v) is 3.27. The van der Waals surface area contributed by atoms with Crippen molar-refractivity contribution in [1.29, 1.82) is 0 Å². The molecule has 2 aliphatic rings. The lowest BCUT2D eigenvalue weighted by Crippen LogP contribution is -2.69. The zero-order valence-corrected chi connectivity index (χ0v) is 12.7. The van der Waals surface area contributed by atoms with Gasteiger partial charge in [0.1, 0.15) is 11.3 Å². The normalized spacial score (nSPS) is 20.9. The molecule has 0 atom stereocenters. The van der Waals surface area contributed by atoms with Crippen LogP contribution in [0.5, 0.6) is 5.75 Å². The zero-order valence-electron chi connectivity index (χ0n) is 12.7. The second-order valence-electron chi connectivity index (χ2n) is 5.79. The molecule has 2 saturated heterocycles. The van der Waals surface area contributed by atoms with Crippen molar-refractivity contribution in [2.24, 2.45) is 0 Å². The Morgan fingerprint density at radius 1 is 1.18 bits per heavy atom. The van der Waals surface area contributed by atoms with Crippen LogP contribution in [0.4, 0.5) is 0 Å². The van der Waals surface area contributed by atoms with Gasteiger partial charge in [-0.1, -0.05) is 12.1 Å². The van der Waals surface area contributed by atoms with E-state index < -0.39 is 5.54 Å². The van der Waals surface area contributed by atoms with Crippen molar-refractivity contribution in [2.45, 2.75) is 24.9 Å². The summed E-state index contributed by atoms with van der Waals surface area (Å²) in [5.74, 6) is 0.738. The number of amides is 2. The van der Waals surface area contributed by atoms with Gasteiger partial charge in [0, 0.05) is 6.54 Å². The molecule has 1 spiro atoms. The predicted octanol–water partition coefficient (Wildman–Crippen LogP) is 0.276. The molecule has 118 valence electrons. The highest BCUT2D eigenvalue weighted by Gasteiger charge is 2.49. The van der Waals surface area contributed by atoms with E-state index in [1.165, 1.54) is 0 Å². The first kappa shape index (κ1) is 14.8. The first-order valence-electron chi connectivity index (χ1n) is 7.58. The van der Waals surface area contributed by atoms with E-state index in [1.807, 2.05) is 24.3 Å². The number of methoxy groups -OCH3 is 1. The molecule has 1 aromatic rings. The molecule has 22 heavy (non-hydrogen) atoms. The number of piperidine rings is 1. The lowest BCUT2D eigenvalue weighted by molar-refractivity contribution is -0.156. The number of carbonyl (C=O) groups is 2. The molecule has 2 N–H and O–H groups in total. The number of nitrogens with one attached hydrogen (secondary N) is 2. The standard InChI is InChI=1S/C16H21N3O3/c1-22-13-4-2-12(3-5-13)11-19-14(20)10-18-15(21)16(19)6-8-17-9-7-16/h2-5,17H,6-11H2,1H3,(H,18,21). The fraction of sp³-hybridized carbons (Fsp3) is 0.500. The first-order valence-corrected chi connectivity index (χ1v) is 7.58. The second-order valence-corrected chi connectivity index (χ2v) is 5.79. The van der Waals surface area contributed by atoms with Gasteiger partial charge in [-0.15, -0.1) is 0 Å². The van der Waals surface area contributed by atoms with Crippen LogP contribution in [-0.2, 0) is 16.1 Å². The van der Waals surface area contributed by atoms with Gasteiger partial charge in [0.2, 0.25) is 11.8 Å². The zero-order chi connectivity index (χ0) is 15.6. The molecular formula is C16H21N3O3. The number of rotatable bonds is 3. The third-order valence-electron chi connectivity index (χ3n) is 4.57. The monoisotopic (exact) mass is 303 g/mol. The number of piperazine rings is 1. The van der Waals surface area contributed by atoms with Gasteiger partial charge < -0.3 is 20.3 Å². The average Bonchev–Trinajstić information content (AvgIpc) is 2.57. The number of nitrogens with zero attached hydrogens (tertiary/aromatic N) is 1. The third-order valence-corrected chi connectivity index (χ3v) is 4.57. The van der Waals surface area contributed by atoms with Crippen LogP contribution in [0.15, 0.2) is 24.3 Å². The molecular weight excluding hydrogens is 282 g/mol. The van der Waals surface area contributed by atoms with Crippen LogP contribution < -0.4 is 15.4 Å². The van der Waals surface area contributed by atoms with Gasteiger partial charge in [0.25, 0.3) is 0 Å². The summed E-state index contributed by atoms with van der Waals surface area (Å²) in [4.78, 5) is 26.6. The van der Waals surface area contributed by atoms with Gasteiger partial charge in [-0.05, 0) is 43.6 Å². The maximum Gasteiger partial charge on any atom is 0.246 e. The molecule has 0 aliphatic carbocycles. The number of hydrogen-bond acceptors (Lipinski definition) is 4. The molecule has 2 aliphatic heterocycles. The summed E-state index contributed by atoms with van der Waals surface area (Å²) in [6.07, 6.45) is 1.31. The molecule has 3 rings (SSSR count). The molecule has 0 bridgehead atoms. The van der Waals surface area contributed by atoms with Crippen molar-refractivity contribution in [3.63, 3.8) is 0 Å². The number of hydrogen-bond donors (Lipinski definition) is 2. The summed E-state index contributed by atoms with van der Waals surface area (Å²) in [7, 11) is 1.62. The Morgan fingerprint density at radius 3 is 2.50 bits per heavy atom. The minimum atomic E-state index is -0.708. The van der Waals surface area contributed by atoms with E-state index in [9.17, 15) is 9.59 Å². The molecule has 1 aromatic carbocycles. The van der Waals surface area contributed by atoms with Gasteiger partial charge in [-0.2, -0.15) is 0 Å². The molecule has 6 nitrogen and oxygen atoms in total. The van der Waals surface area contributed by atoms with Gasteiger partial charge in [-0.3, -0.25) is 9.59 Å². The predicted molar refractivity (Wildman–Crippen MR) is 81.4 cm³/mol. The van der Waals surface area contributed by atoms with E-state index in [-0.39, 0.29) is 18.4 Å². The van der Waals surface area contributed by atoms with Crippen molar-refractivity contribution in [3.8, 4) is 5.75 Å². The van der Waals surface area contributed by atoms with E-state index in [2.05, 4.69) is 10.6 Å². The largest absolute Gasteiger partial charge is 0.497 e. The lowest BCUT2D eigenvalue weighted by atomic mass is 9.83. The number of benzene rings is 1. The molecule has 2 amide bonds. The van der Waals surface area contributed by atoms with E-state index >= 15 is 0 Å². The van der Waals surface area contributed by atoms with Gasteiger partial charge in [-0.25, -0.2) is 0 Å². The van der Waals surface area contributed by atoms with Crippen LogP contribution in [0.25, 0.3) is 0 Å². The van der Waals surface area contributed by atoms with Crippen LogP contribution in [0.1, 0.15) is 18.4 Å². The fourth-order valence-electron chi connectivity index (χ4n) is 3.27. The number of carbonyl (C=O) groups excluding carboxylic acids is 2. The van der Waals surface area contributed by atoms with E-state index in [4.69, 9.17) is 4.74 Å². The van der Waals surface area contributed by atoms with Crippen molar-refractivity contribution in [1.82, 2.24) is 15.5 Å². The highest BCUT2D eigenvalue weighted by atomic mass is 16.5. The average molecular weight is 303 g/mol. The van der Waals surface area contributed by atoms with E-state index in [0.29, 0.717) is 19.4 Å². The Morgan fingerprint density at radius 2 is 1.86 bits per heavy atom. The van der Waals surface area contributed by atoms with Crippen LogP contribution >= 0.6 is 0 Å². The molecule has 0 saturated carbocycles. The summed E-state index contributed by atoms with van der Waals surface area (Å²) in [5, 5.41) is 6.01. The Labute approximate surface area is 129 Å². The molecule has 0 unspecified atom stereocenters. The summed E-state index contributed by atoms with van der Waals surface area (Å²) >= 11 is 0. The molecule has 0 radical (unpaired) electrons. The SMILES string of the molecule is COc1ccc(CN2C(=O)CNC(=O)C23CCNCC3)cc1. The Kier molecular flexibility index (Phi) is 4.02. The molecule has 6 heteroatoms. The summed E-state index contributed by atoms with van der Waals surface area (Å²) in [6, 6.07) is 7.62. The lowest BCUT2D eigenvalue weighted by Gasteiger charge is -2.48. The van der Waals surface area contributed by atoms with E-state index in [1.54, 1.807) is 12.0 Å². The second kappa shape index (κ2) is 5.96. The van der Waals surface area contributed by atoms with Gasteiger partial charge in [0.15, 0.2) is 0 Å². The molecule has 2 heterocycles. The maximum atomic E-state index is 12.5. The van der Waals surface area contributed by atoms with Crippen molar-refractivity contribution in [3.05, 3.63) is 29.8 Å². The molecule has 2 fully saturated rings. The Bertz CT molecular complexity index is 565. The van der Waals surface area contributed by atoms with Crippen LogP contribution in [0.3, 0.4) is 0 Å². The van der Waals surface area contributed by atoms with Gasteiger partial charge >= 0.3 is 0 Å². The van der Waals surface area contributed by atoms with Crippen LogP contribution in [0, 0.1) is 0 Å². The smallest absolute Gasteiger partial charge is 0.246 e. The Hall–Kier alpha value is -2.08. The van der Waals surface area contributed by atoms with Crippen molar-refractivity contribution < 1.29 is 14.3 Å².